The van der Waals surface area contributed by atoms with E-state index in [1.54, 1.807) is 0 Å². The summed E-state index contributed by atoms with van der Waals surface area (Å²) in [7, 11) is 0. The highest BCUT2D eigenvalue weighted by Gasteiger charge is 2.51. The highest BCUT2D eigenvalue weighted by molar-refractivity contribution is 7.13. The summed E-state index contributed by atoms with van der Waals surface area (Å²) >= 11 is 1.42. The number of nitrogens with zero attached hydrogens (tertiary/aromatic N) is 2. The second kappa shape index (κ2) is 8.83. The molecule has 1 aromatic carbocycles. The normalized spacial score (nSPS) is 17.8. The van der Waals surface area contributed by atoms with Gasteiger partial charge >= 0.3 is 12.0 Å². The number of para-hydroxylation sites is 1. The van der Waals surface area contributed by atoms with E-state index in [4.69, 9.17) is 4.74 Å². The maximum Gasteiger partial charge on any atom is 0.325 e. The molecule has 9 heteroatoms. The number of rotatable bonds is 7. The van der Waals surface area contributed by atoms with Crippen LogP contribution >= 0.6 is 11.3 Å². The molecule has 2 aromatic rings. The monoisotopic (exact) mass is 428 g/mol. The lowest BCUT2D eigenvalue weighted by Gasteiger charge is -2.30. The van der Waals surface area contributed by atoms with Crippen molar-refractivity contribution in [2.75, 3.05) is 11.9 Å². The van der Waals surface area contributed by atoms with Gasteiger partial charge in [-0.1, -0.05) is 37.5 Å². The van der Waals surface area contributed by atoms with Crippen molar-refractivity contribution in [1.29, 1.82) is 0 Å². The Morgan fingerprint density at radius 1 is 1.20 bits per heavy atom. The van der Waals surface area contributed by atoms with E-state index in [0.717, 1.165) is 29.8 Å². The van der Waals surface area contributed by atoms with Crippen molar-refractivity contribution in [2.45, 2.75) is 50.7 Å². The molecule has 1 spiro atoms. The number of esters is 1. The van der Waals surface area contributed by atoms with Crippen LogP contribution in [0.1, 0.15) is 44.2 Å². The molecule has 2 fully saturated rings. The number of hydrogen-bond acceptors (Lipinski definition) is 7. The number of urea groups is 1. The topological polar surface area (TPSA) is 101 Å². The molecule has 0 radical (unpaired) electrons. The van der Waals surface area contributed by atoms with Gasteiger partial charge in [0.2, 0.25) is 0 Å². The molecule has 0 atom stereocenters. The van der Waals surface area contributed by atoms with Gasteiger partial charge in [0.05, 0.1) is 12.1 Å². The van der Waals surface area contributed by atoms with Crippen molar-refractivity contribution in [3.8, 4) is 0 Å². The van der Waals surface area contributed by atoms with Gasteiger partial charge in [-0.05, 0) is 25.0 Å². The molecule has 2 aliphatic rings. The number of amides is 3. The Kier molecular flexibility index (Phi) is 5.98. The minimum absolute atomic E-state index is 0.0309. The molecule has 4 rings (SSSR count). The summed E-state index contributed by atoms with van der Waals surface area (Å²) in [6.45, 7) is 0.0824. The first-order valence-corrected chi connectivity index (χ1v) is 11.0. The molecular weight excluding hydrogens is 404 g/mol. The summed E-state index contributed by atoms with van der Waals surface area (Å²) in [5.74, 6) is -0.679. The van der Waals surface area contributed by atoms with Gasteiger partial charge in [-0.2, -0.15) is 0 Å². The lowest BCUT2D eigenvalue weighted by atomic mass is 9.82. The molecule has 0 unspecified atom stereocenters. The fourth-order valence-corrected chi connectivity index (χ4v) is 4.59. The Hall–Kier alpha value is -2.94. The summed E-state index contributed by atoms with van der Waals surface area (Å²) in [4.78, 5) is 42.6. The second-order valence-electron chi connectivity index (χ2n) is 7.58. The predicted octanol–water partition coefficient (Wildman–Crippen LogP) is 3.57. The largest absolute Gasteiger partial charge is 0.459 e. The molecule has 2 N–H and O–H groups in total. The van der Waals surface area contributed by atoms with Gasteiger partial charge in [0, 0.05) is 17.6 Å². The maximum absolute atomic E-state index is 12.7. The number of carbonyl (C=O) groups is 3. The van der Waals surface area contributed by atoms with Crippen LogP contribution in [0.15, 0.2) is 35.7 Å². The molecule has 0 bridgehead atoms. The van der Waals surface area contributed by atoms with Crippen molar-refractivity contribution < 1.29 is 19.1 Å². The van der Waals surface area contributed by atoms with Crippen LogP contribution in [-0.4, -0.2) is 39.9 Å². The molecule has 158 valence electrons. The average Bonchev–Trinajstić information content (AvgIpc) is 3.29. The molecule has 1 saturated heterocycles. The lowest BCUT2D eigenvalue weighted by Crippen LogP contribution is -2.48. The fourth-order valence-electron chi connectivity index (χ4n) is 3.88. The maximum atomic E-state index is 12.7. The lowest BCUT2D eigenvalue weighted by molar-refractivity contribution is -0.145. The van der Waals surface area contributed by atoms with E-state index < -0.39 is 17.5 Å². The Balaban J connectivity index is 1.24. The van der Waals surface area contributed by atoms with E-state index in [9.17, 15) is 14.4 Å². The van der Waals surface area contributed by atoms with Gasteiger partial charge in [-0.15, -0.1) is 11.3 Å². The number of ether oxygens (including phenoxy) is 1. The minimum atomic E-state index is -0.762. The van der Waals surface area contributed by atoms with Crippen molar-refractivity contribution in [3.05, 3.63) is 41.4 Å². The zero-order chi connectivity index (χ0) is 21.0. The Labute approximate surface area is 178 Å². The number of nitrogens with one attached hydrogen (secondary N) is 2. The molecule has 1 saturated carbocycles. The highest BCUT2D eigenvalue weighted by atomic mass is 32.1. The van der Waals surface area contributed by atoms with Crippen LogP contribution in [0, 0.1) is 0 Å². The van der Waals surface area contributed by atoms with Crippen LogP contribution in [-0.2, 0) is 20.9 Å². The van der Waals surface area contributed by atoms with E-state index in [-0.39, 0.29) is 25.5 Å². The summed E-state index contributed by atoms with van der Waals surface area (Å²) in [6, 6.07) is 9.26. The Morgan fingerprint density at radius 2 is 1.97 bits per heavy atom. The molecule has 3 amide bonds. The number of anilines is 2. The standard InChI is InChI=1S/C21H24N4O4S/c26-17(9-12-25-18(27)21(24-20(25)28)10-5-2-6-11-21)29-13-16-14-30-19(23-16)22-15-7-3-1-4-8-15/h1,3-4,7-8,14H,2,5-6,9-13H2,(H,22,23)(H,24,28). The number of carbonyl (C=O) groups excluding carboxylic acids is 3. The number of imide groups is 1. The molecule has 2 heterocycles. The van der Waals surface area contributed by atoms with Gasteiger partial charge < -0.3 is 15.4 Å². The number of hydrogen-bond donors (Lipinski definition) is 2. The molecule has 8 nitrogen and oxygen atoms in total. The number of benzene rings is 1. The van der Waals surface area contributed by atoms with Gasteiger partial charge in [0.25, 0.3) is 5.91 Å². The zero-order valence-electron chi connectivity index (χ0n) is 16.6. The van der Waals surface area contributed by atoms with E-state index in [1.807, 2.05) is 35.7 Å². The molecule has 1 aliphatic carbocycles. The number of thiazole rings is 1. The Morgan fingerprint density at radius 3 is 2.73 bits per heavy atom. The average molecular weight is 429 g/mol. The fraction of sp³-hybridized carbons (Fsp3) is 0.429. The molecule has 1 aliphatic heterocycles. The van der Waals surface area contributed by atoms with Crippen LogP contribution in [0.25, 0.3) is 0 Å². The van der Waals surface area contributed by atoms with Crippen molar-refractivity contribution in [2.24, 2.45) is 0 Å². The van der Waals surface area contributed by atoms with Gasteiger partial charge in [-0.25, -0.2) is 9.78 Å². The van der Waals surface area contributed by atoms with E-state index >= 15 is 0 Å². The summed E-state index contributed by atoms with van der Waals surface area (Å²) in [5, 5.41) is 8.57. The predicted molar refractivity (Wildman–Crippen MR) is 112 cm³/mol. The zero-order valence-corrected chi connectivity index (χ0v) is 17.4. The van der Waals surface area contributed by atoms with Crippen LogP contribution in [0.4, 0.5) is 15.6 Å². The molecule has 1 aromatic heterocycles. The SMILES string of the molecule is O=C(CCN1C(=O)NC2(CCCCC2)C1=O)OCc1csc(Nc2ccccc2)n1. The van der Waals surface area contributed by atoms with Gasteiger partial charge in [-0.3, -0.25) is 14.5 Å². The van der Waals surface area contributed by atoms with Gasteiger partial charge in [0.1, 0.15) is 12.1 Å². The summed E-state index contributed by atoms with van der Waals surface area (Å²) in [5.41, 5.74) is 0.810. The third-order valence-electron chi connectivity index (χ3n) is 5.45. The van der Waals surface area contributed by atoms with E-state index in [2.05, 4.69) is 15.6 Å². The number of aromatic nitrogens is 1. The van der Waals surface area contributed by atoms with Crippen LogP contribution < -0.4 is 10.6 Å². The second-order valence-corrected chi connectivity index (χ2v) is 8.43. The third-order valence-corrected chi connectivity index (χ3v) is 6.26. The van der Waals surface area contributed by atoms with Crippen LogP contribution in [0.5, 0.6) is 0 Å². The van der Waals surface area contributed by atoms with Crippen LogP contribution in [0.2, 0.25) is 0 Å². The van der Waals surface area contributed by atoms with Crippen LogP contribution in [0.3, 0.4) is 0 Å². The third kappa shape index (κ3) is 4.46. The van der Waals surface area contributed by atoms with Crippen molar-refractivity contribution in [3.63, 3.8) is 0 Å². The quantitative estimate of drug-likeness (QED) is 0.516. The highest BCUT2D eigenvalue weighted by Crippen LogP contribution is 2.33. The Bertz CT molecular complexity index is 924. The summed E-state index contributed by atoms with van der Waals surface area (Å²) < 4.78 is 5.27. The first kappa shape index (κ1) is 20.3. The van der Waals surface area contributed by atoms with Crippen molar-refractivity contribution >= 4 is 40.1 Å². The van der Waals surface area contributed by atoms with E-state index in [1.165, 1.54) is 11.3 Å². The first-order valence-electron chi connectivity index (χ1n) is 10.1. The molecule has 30 heavy (non-hydrogen) atoms. The summed E-state index contributed by atoms with van der Waals surface area (Å²) in [6.07, 6.45) is 4.24. The van der Waals surface area contributed by atoms with Crippen molar-refractivity contribution in [1.82, 2.24) is 15.2 Å². The van der Waals surface area contributed by atoms with E-state index in [0.29, 0.717) is 23.7 Å². The first-order chi connectivity index (χ1) is 14.6. The minimum Gasteiger partial charge on any atom is -0.459 e. The smallest absolute Gasteiger partial charge is 0.325 e. The van der Waals surface area contributed by atoms with Gasteiger partial charge in [0.15, 0.2) is 5.13 Å². The molecular formula is C21H24N4O4S.